The fourth-order valence-electron chi connectivity index (χ4n) is 4.15. The molecule has 0 aliphatic heterocycles. The molecule has 1 N–H and O–H groups in total. The van der Waals surface area contributed by atoms with Crippen LogP contribution in [0.5, 0.6) is 0 Å². The fraction of sp³-hybridized carbons (Fsp3) is 0.379. The smallest absolute Gasteiger partial charge is 0.162 e. The average molecular weight is 522 g/mol. The van der Waals surface area contributed by atoms with E-state index in [4.69, 9.17) is 9.97 Å². The van der Waals surface area contributed by atoms with Crippen molar-refractivity contribution in [3.05, 3.63) is 65.1 Å². The lowest BCUT2D eigenvalue weighted by atomic mass is 10.1. The van der Waals surface area contributed by atoms with Gasteiger partial charge in [0.2, 0.25) is 0 Å². The number of para-hydroxylation sites is 1. The van der Waals surface area contributed by atoms with Gasteiger partial charge < -0.3 is 10.2 Å². The molecule has 0 saturated heterocycles. The second kappa shape index (κ2) is 12.8. The molecule has 0 bridgehead atoms. The second-order valence-corrected chi connectivity index (χ2v) is 9.16. The Kier molecular flexibility index (Phi) is 9.85. The molecule has 0 aliphatic rings. The molecule has 4 aromatic rings. The van der Waals surface area contributed by atoms with Gasteiger partial charge in [-0.15, -0.1) is 0 Å². The summed E-state index contributed by atoms with van der Waals surface area (Å²) in [6, 6.07) is 21.3. The molecule has 0 fully saturated rings. The average Bonchev–Trinajstić information content (AvgIpc) is 2.88. The first kappa shape index (κ1) is 26.1. The van der Waals surface area contributed by atoms with Gasteiger partial charge in [0.1, 0.15) is 5.82 Å². The van der Waals surface area contributed by atoms with Crippen LogP contribution < -0.4 is 5.32 Å². The van der Waals surface area contributed by atoms with Crippen molar-refractivity contribution in [3.8, 4) is 11.4 Å². The van der Waals surface area contributed by atoms with Crippen LogP contribution in [0.15, 0.2) is 65.1 Å². The third-order valence-corrected chi connectivity index (χ3v) is 6.71. The van der Waals surface area contributed by atoms with Crippen molar-refractivity contribution in [1.82, 2.24) is 14.9 Å². The number of nitrogens with one attached hydrogen (secondary N) is 1. The summed E-state index contributed by atoms with van der Waals surface area (Å²) in [4.78, 5) is 12.4. The Morgan fingerprint density at radius 2 is 1.65 bits per heavy atom. The van der Waals surface area contributed by atoms with Gasteiger partial charge in [0.05, 0.1) is 5.52 Å². The highest BCUT2D eigenvalue weighted by Gasteiger charge is 2.14. The number of halogens is 1. The number of nitrogens with zero attached hydrogens (tertiary/aromatic N) is 3. The Labute approximate surface area is 212 Å². The largest absolute Gasteiger partial charge is 0.367 e. The van der Waals surface area contributed by atoms with Crippen molar-refractivity contribution >= 4 is 43.4 Å². The Hall–Kier alpha value is -2.50. The van der Waals surface area contributed by atoms with Crippen LogP contribution in [0.1, 0.15) is 47.5 Å². The van der Waals surface area contributed by atoms with E-state index < -0.39 is 0 Å². The van der Waals surface area contributed by atoms with E-state index in [1.54, 1.807) is 0 Å². The summed E-state index contributed by atoms with van der Waals surface area (Å²) in [5.41, 5.74) is 1.96. The molecule has 34 heavy (non-hydrogen) atoms. The van der Waals surface area contributed by atoms with E-state index in [1.807, 2.05) is 26.0 Å². The molecule has 1 atom stereocenters. The molecule has 3 aromatic carbocycles. The van der Waals surface area contributed by atoms with Crippen molar-refractivity contribution in [3.63, 3.8) is 0 Å². The van der Waals surface area contributed by atoms with Crippen LogP contribution in [0, 0.1) is 0 Å². The van der Waals surface area contributed by atoms with Crippen LogP contribution in [-0.2, 0) is 0 Å². The van der Waals surface area contributed by atoms with Gasteiger partial charge in [-0.05, 0) is 84.3 Å². The Morgan fingerprint density at radius 3 is 2.38 bits per heavy atom. The maximum Gasteiger partial charge on any atom is 0.162 e. The molecule has 1 heterocycles. The minimum atomic E-state index is 0.326. The zero-order valence-corrected chi connectivity index (χ0v) is 22.7. The molecule has 0 aliphatic carbocycles. The van der Waals surface area contributed by atoms with E-state index in [9.17, 15) is 0 Å². The number of hydrogen-bond acceptors (Lipinski definition) is 4. The van der Waals surface area contributed by atoms with Crippen molar-refractivity contribution in [1.29, 1.82) is 0 Å². The van der Waals surface area contributed by atoms with Gasteiger partial charge in [0.25, 0.3) is 0 Å². The maximum atomic E-state index is 4.98. The summed E-state index contributed by atoms with van der Waals surface area (Å²) in [5.74, 6) is 1.64. The van der Waals surface area contributed by atoms with Gasteiger partial charge in [-0.2, -0.15) is 0 Å². The van der Waals surface area contributed by atoms with E-state index in [2.05, 4.69) is 95.4 Å². The minimum Gasteiger partial charge on any atom is -0.367 e. The number of anilines is 1. The van der Waals surface area contributed by atoms with Crippen LogP contribution in [0.2, 0.25) is 0 Å². The van der Waals surface area contributed by atoms with Gasteiger partial charge in [0, 0.05) is 21.5 Å². The molecule has 5 heteroatoms. The highest BCUT2D eigenvalue weighted by molar-refractivity contribution is 9.10. The normalized spacial score (nSPS) is 12.0. The van der Waals surface area contributed by atoms with Crippen LogP contribution in [0.4, 0.5) is 5.82 Å². The number of hydrogen-bond donors (Lipinski definition) is 1. The molecule has 4 nitrogen and oxygen atoms in total. The van der Waals surface area contributed by atoms with Gasteiger partial charge in [-0.25, -0.2) is 9.97 Å². The van der Waals surface area contributed by atoms with Gasteiger partial charge in [0.15, 0.2) is 5.82 Å². The topological polar surface area (TPSA) is 41.0 Å². The fourth-order valence-corrected chi connectivity index (χ4v) is 4.61. The van der Waals surface area contributed by atoms with Gasteiger partial charge in [-0.1, -0.05) is 70.2 Å². The first-order valence-electron chi connectivity index (χ1n) is 12.5. The van der Waals surface area contributed by atoms with Crippen LogP contribution in [-0.4, -0.2) is 40.5 Å². The van der Waals surface area contributed by atoms with Crippen LogP contribution in [0.3, 0.4) is 0 Å². The molecule has 180 valence electrons. The summed E-state index contributed by atoms with van der Waals surface area (Å²) in [7, 11) is 0. The molecule has 1 aromatic heterocycles. The SMILES string of the molecule is CC.CCN(CC)CCCC(C)Nc1nc(-c2ccc3ccccc3c2)nc2c(Br)cccc12. The van der Waals surface area contributed by atoms with Crippen LogP contribution >= 0.6 is 15.9 Å². The third-order valence-electron chi connectivity index (χ3n) is 6.07. The molecule has 0 amide bonds. The number of aromatic nitrogens is 2. The van der Waals surface area contributed by atoms with Crippen molar-refractivity contribution < 1.29 is 0 Å². The van der Waals surface area contributed by atoms with Crippen molar-refractivity contribution in [2.24, 2.45) is 0 Å². The Morgan fingerprint density at radius 1 is 0.912 bits per heavy atom. The molecular weight excluding hydrogens is 484 g/mol. The number of benzene rings is 3. The summed E-state index contributed by atoms with van der Waals surface area (Å²) in [5, 5.41) is 7.14. The lowest BCUT2D eigenvalue weighted by Crippen LogP contribution is -2.25. The lowest BCUT2D eigenvalue weighted by molar-refractivity contribution is 0.295. The molecule has 1 unspecified atom stereocenters. The van der Waals surface area contributed by atoms with E-state index in [1.165, 1.54) is 17.2 Å². The highest BCUT2D eigenvalue weighted by atomic mass is 79.9. The minimum absolute atomic E-state index is 0.326. The zero-order valence-electron chi connectivity index (χ0n) is 21.1. The Balaban J connectivity index is 0.00000158. The summed E-state index contributed by atoms with van der Waals surface area (Å²) >= 11 is 3.69. The molecule has 0 saturated carbocycles. The molecule has 4 rings (SSSR count). The van der Waals surface area contributed by atoms with E-state index in [0.29, 0.717) is 6.04 Å². The lowest BCUT2D eigenvalue weighted by Gasteiger charge is -2.21. The summed E-state index contributed by atoms with van der Waals surface area (Å²) < 4.78 is 0.983. The van der Waals surface area contributed by atoms with Crippen molar-refractivity contribution in [2.45, 2.75) is 53.5 Å². The quantitative estimate of drug-likeness (QED) is 0.241. The third kappa shape index (κ3) is 6.34. The maximum absolute atomic E-state index is 4.98. The summed E-state index contributed by atoms with van der Waals surface area (Å²) in [6.45, 7) is 14.0. The molecular formula is C29H37BrN4. The van der Waals surface area contributed by atoms with Gasteiger partial charge >= 0.3 is 0 Å². The molecule has 0 radical (unpaired) electrons. The first-order valence-corrected chi connectivity index (χ1v) is 13.3. The number of rotatable bonds is 9. The standard InChI is InChI=1S/C27H31BrN4.C2H6/c1-4-32(5-2)17-9-10-19(3)29-27-23-13-8-14-24(28)25(23)30-26(31-27)22-16-15-20-11-6-7-12-21(20)18-22;1-2/h6-8,11-16,18-19H,4-5,9-10,17H2,1-3H3,(H,29,30,31);1-2H3. The van der Waals surface area contributed by atoms with Gasteiger partial charge in [-0.3, -0.25) is 0 Å². The first-order chi connectivity index (χ1) is 16.6. The second-order valence-electron chi connectivity index (χ2n) is 8.31. The zero-order chi connectivity index (χ0) is 24.5. The van der Waals surface area contributed by atoms with E-state index >= 15 is 0 Å². The Bertz CT molecular complexity index is 1200. The monoisotopic (exact) mass is 520 g/mol. The van der Waals surface area contributed by atoms with E-state index in [-0.39, 0.29) is 0 Å². The predicted octanol–water partition coefficient (Wildman–Crippen LogP) is 8.16. The van der Waals surface area contributed by atoms with Crippen LogP contribution in [0.25, 0.3) is 33.1 Å². The van der Waals surface area contributed by atoms with Crippen molar-refractivity contribution in [2.75, 3.05) is 25.0 Å². The summed E-state index contributed by atoms with van der Waals surface area (Å²) in [6.07, 6.45) is 2.27. The molecule has 0 spiro atoms. The highest BCUT2D eigenvalue weighted by Crippen LogP contribution is 2.31. The number of fused-ring (bicyclic) bond motifs is 2. The van der Waals surface area contributed by atoms with E-state index in [0.717, 1.165) is 58.6 Å². The predicted molar refractivity (Wildman–Crippen MR) is 152 cm³/mol.